The van der Waals surface area contributed by atoms with Crippen LogP contribution in [-0.2, 0) is 12.1 Å². The van der Waals surface area contributed by atoms with Gasteiger partial charge in [-0.15, -0.1) is 0 Å². The lowest BCUT2D eigenvalue weighted by atomic mass is 9.79. The topological polar surface area (TPSA) is 26.7 Å². The maximum absolute atomic E-state index is 9.98. The van der Waals surface area contributed by atoms with E-state index in [0.29, 0.717) is 5.75 Å². The summed E-state index contributed by atoms with van der Waals surface area (Å²) in [6, 6.07) is 18.5. The van der Waals surface area contributed by atoms with Crippen LogP contribution in [0.15, 0.2) is 54.6 Å². The molecule has 2 aromatic carbocycles. The summed E-state index contributed by atoms with van der Waals surface area (Å²) in [5, 5.41) is 9.98. The lowest BCUT2D eigenvalue weighted by Gasteiger charge is -2.46. The van der Waals surface area contributed by atoms with E-state index in [-0.39, 0.29) is 5.54 Å². The van der Waals surface area contributed by atoms with Gasteiger partial charge in [-0.2, -0.15) is 0 Å². The molecule has 3 heteroatoms. The number of hydrogen-bond acceptors (Lipinski definition) is 3. The number of benzene rings is 2. The summed E-state index contributed by atoms with van der Waals surface area (Å²) in [5.74, 6) is 0.403. The largest absolute Gasteiger partial charge is 0.508 e. The van der Waals surface area contributed by atoms with Crippen LogP contribution in [0.4, 0.5) is 0 Å². The number of aromatic hydroxyl groups is 1. The molecule has 0 saturated carbocycles. The Morgan fingerprint density at radius 3 is 2.17 bits per heavy atom. The minimum absolute atomic E-state index is 0.122. The van der Waals surface area contributed by atoms with Crippen molar-refractivity contribution < 1.29 is 5.11 Å². The molecule has 1 aliphatic rings. The summed E-state index contributed by atoms with van der Waals surface area (Å²) < 4.78 is 0. The Morgan fingerprint density at radius 1 is 0.957 bits per heavy atom. The van der Waals surface area contributed by atoms with Gasteiger partial charge in [-0.25, -0.2) is 0 Å². The Morgan fingerprint density at radius 2 is 1.57 bits per heavy atom. The minimum Gasteiger partial charge on any atom is -0.508 e. The molecule has 3 nitrogen and oxygen atoms in total. The van der Waals surface area contributed by atoms with Gasteiger partial charge in [0, 0.05) is 30.7 Å². The lowest BCUT2D eigenvalue weighted by Crippen LogP contribution is -2.50. The Labute approximate surface area is 139 Å². The van der Waals surface area contributed by atoms with E-state index >= 15 is 0 Å². The van der Waals surface area contributed by atoms with Crippen LogP contribution in [-0.4, -0.2) is 42.1 Å². The highest BCUT2D eigenvalue weighted by atomic mass is 16.3. The number of likely N-dealkylation sites (tertiary alicyclic amines) is 1. The van der Waals surface area contributed by atoms with Crippen molar-refractivity contribution in [2.75, 3.05) is 27.2 Å². The van der Waals surface area contributed by atoms with Crippen molar-refractivity contribution in [1.82, 2.24) is 9.80 Å². The van der Waals surface area contributed by atoms with E-state index in [1.54, 1.807) is 6.07 Å². The molecule has 0 unspecified atom stereocenters. The van der Waals surface area contributed by atoms with Crippen molar-refractivity contribution in [2.45, 2.75) is 24.9 Å². The standard InChI is InChI=1S/C20H26N2O/c1-21(2)20(18-9-4-3-5-10-18)12-14-22(15-13-20)16-17-8-6-7-11-19(17)23/h3-11,23H,12-16H2,1-2H3. The van der Waals surface area contributed by atoms with Crippen LogP contribution < -0.4 is 0 Å². The van der Waals surface area contributed by atoms with Crippen molar-refractivity contribution in [3.63, 3.8) is 0 Å². The highest BCUT2D eigenvalue weighted by molar-refractivity contribution is 5.32. The van der Waals surface area contributed by atoms with Gasteiger partial charge in [0.15, 0.2) is 0 Å². The molecule has 1 saturated heterocycles. The third-order valence-electron chi connectivity index (χ3n) is 5.24. The van der Waals surface area contributed by atoms with Gasteiger partial charge in [0.05, 0.1) is 0 Å². The van der Waals surface area contributed by atoms with Crippen LogP contribution in [0.5, 0.6) is 5.75 Å². The molecule has 1 heterocycles. The first kappa shape index (κ1) is 16.0. The summed E-state index contributed by atoms with van der Waals surface area (Å²) >= 11 is 0. The maximum Gasteiger partial charge on any atom is 0.120 e. The number of phenolic OH excluding ortho intramolecular Hbond substituents is 1. The van der Waals surface area contributed by atoms with Gasteiger partial charge in [0.1, 0.15) is 5.75 Å². The normalized spacial score (nSPS) is 18.2. The van der Waals surface area contributed by atoms with Crippen LogP contribution in [0.25, 0.3) is 0 Å². The molecule has 1 aliphatic heterocycles. The highest BCUT2D eigenvalue weighted by Crippen LogP contribution is 2.37. The number of phenols is 1. The van der Waals surface area contributed by atoms with E-state index < -0.39 is 0 Å². The Hall–Kier alpha value is -1.84. The summed E-state index contributed by atoms with van der Waals surface area (Å²) in [7, 11) is 4.37. The van der Waals surface area contributed by atoms with Crippen LogP contribution in [0.2, 0.25) is 0 Å². The Kier molecular flexibility index (Phi) is 4.69. The number of rotatable bonds is 4. The molecular formula is C20H26N2O. The molecule has 122 valence electrons. The van der Waals surface area contributed by atoms with Crippen molar-refractivity contribution in [2.24, 2.45) is 0 Å². The molecule has 23 heavy (non-hydrogen) atoms. The molecule has 1 fully saturated rings. The summed E-state index contributed by atoms with van der Waals surface area (Å²) in [4.78, 5) is 4.82. The average molecular weight is 310 g/mol. The molecule has 0 atom stereocenters. The molecule has 0 radical (unpaired) electrons. The quantitative estimate of drug-likeness (QED) is 0.937. The zero-order valence-electron chi connectivity index (χ0n) is 14.1. The fraction of sp³-hybridized carbons (Fsp3) is 0.400. The second-order valence-electron chi connectivity index (χ2n) is 6.70. The first-order valence-electron chi connectivity index (χ1n) is 8.34. The maximum atomic E-state index is 9.98. The second kappa shape index (κ2) is 6.73. The number of nitrogens with zero attached hydrogens (tertiary/aromatic N) is 2. The fourth-order valence-corrected chi connectivity index (χ4v) is 3.71. The Balaban J connectivity index is 1.72. The van der Waals surface area contributed by atoms with E-state index in [0.717, 1.165) is 38.0 Å². The number of hydrogen-bond donors (Lipinski definition) is 1. The third-order valence-corrected chi connectivity index (χ3v) is 5.24. The van der Waals surface area contributed by atoms with Crippen LogP contribution in [0.3, 0.4) is 0 Å². The van der Waals surface area contributed by atoms with E-state index in [9.17, 15) is 5.11 Å². The van der Waals surface area contributed by atoms with Gasteiger partial charge in [-0.1, -0.05) is 48.5 Å². The number of para-hydroxylation sites is 1. The predicted octanol–water partition coefficient (Wildman–Crippen LogP) is 3.45. The molecule has 0 spiro atoms. The van der Waals surface area contributed by atoms with E-state index in [2.05, 4.69) is 54.2 Å². The zero-order valence-corrected chi connectivity index (χ0v) is 14.1. The van der Waals surface area contributed by atoms with Crippen molar-refractivity contribution in [3.05, 3.63) is 65.7 Å². The van der Waals surface area contributed by atoms with Crippen molar-refractivity contribution in [1.29, 1.82) is 0 Å². The average Bonchev–Trinajstić information content (AvgIpc) is 2.58. The fourth-order valence-electron chi connectivity index (χ4n) is 3.71. The molecule has 2 aromatic rings. The molecule has 0 amide bonds. The molecule has 0 aliphatic carbocycles. The summed E-state index contributed by atoms with van der Waals surface area (Å²) in [6.07, 6.45) is 2.22. The molecule has 3 rings (SSSR count). The van der Waals surface area contributed by atoms with Crippen molar-refractivity contribution in [3.8, 4) is 5.75 Å². The molecule has 0 aromatic heterocycles. The smallest absolute Gasteiger partial charge is 0.120 e. The van der Waals surface area contributed by atoms with Gasteiger partial charge in [0.2, 0.25) is 0 Å². The SMILES string of the molecule is CN(C)C1(c2ccccc2)CCN(Cc2ccccc2O)CC1. The summed E-state index contributed by atoms with van der Waals surface area (Å²) in [6.45, 7) is 2.91. The monoisotopic (exact) mass is 310 g/mol. The van der Waals surface area contributed by atoms with Crippen molar-refractivity contribution >= 4 is 0 Å². The summed E-state index contributed by atoms with van der Waals surface area (Å²) in [5.41, 5.74) is 2.55. The lowest BCUT2D eigenvalue weighted by molar-refractivity contribution is 0.0504. The van der Waals surface area contributed by atoms with Gasteiger partial charge in [-0.05, 0) is 38.6 Å². The minimum atomic E-state index is 0.122. The van der Waals surface area contributed by atoms with Gasteiger partial charge in [-0.3, -0.25) is 9.80 Å². The Bertz CT molecular complexity index is 631. The third kappa shape index (κ3) is 3.26. The van der Waals surface area contributed by atoms with E-state index in [1.165, 1.54) is 5.56 Å². The van der Waals surface area contributed by atoms with Crippen LogP contribution >= 0.6 is 0 Å². The molecule has 1 N–H and O–H groups in total. The number of piperidine rings is 1. The first-order valence-corrected chi connectivity index (χ1v) is 8.34. The van der Waals surface area contributed by atoms with Gasteiger partial charge >= 0.3 is 0 Å². The van der Waals surface area contributed by atoms with E-state index in [1.807, 2.05) is 18.2 Å². The van der Waals surface area contributed by atoms with Crippen LogP contribution in [0.1, 0.15) is 24.0 Å². The zero-order chi connectivity index (χ0) is 16.3. The predicted molar refractivity (Wildman–Crippen MR) is 94.4 cm³/mol. The van der Waals surface area contributed by atoms with E-state index in [4.69, 9.17) is 0 Å². The second-order valence-corrected chi connectivity index (χ2v) is 6.70. The van der Waals surface area contributed by atoms with Crippen LogP contribution in [0, 0.1) is 0 Å². The molecule has 0 bridgehead atoms. The molecular weight excluding hydrogens is 284 g/mol. The van der Waals surface area contributed by atoms with Gasteiger partial charge in [0.25, 0.3) is 0 Å². The first-order chi connectivity index (χ1) is 11.1. The van der Waals surface area contributed by atoms with Gasteiger partial charge < -0.3 is 5.11 Å². The highest BCUT2D eigenvalue weighted by Gasteiger charge is 2.37.